The molecule has 0 aromatic carbocycles. The topological polar surface area (TPSA) is 141 Å². The third-order valence-corrected chi connectivity index (χ3v) is 1.25. The van der Waals surface area contributed by atoms with Gasteiger partial charge in [0.2, 0.25) is 0 Å². The van der Waals surface area contributed by atoms with Gasteiger partial charge in [-0.15, -0.1) is 0 Å². The zero-order chi connectivity index (χ0) is 10.6. The summed E-state index contributed by atoms with van der Waals surface area (Å²) >= 11 is 0. The zero-order valence-electron chi connectivity index (χ0n) is 7.64. The molecule has 7 nitrogen and oxygen atoms in total. The van der Waals surface area contributed by atoms with Gasteiger partial charge in [0.15, 0.2) is 0 Å². The van der Waals surface area contributed by atoms with Crippen LogP contribution in [-0.2, 0) is 31.2 Å². The third-order valence-electron chi connectivity index (χ3n) is 1.25. The fourth-order valence-electron chi connectivity index (χ4n) is 0.684. The molecule has 0 fully saturated rings. The predicted molar refractivity (Wildman–Crippen MR) is 30.3 cm³/mol. The Bertz CT molecular complexity index is 238. The van der Waals surface area contributed by atoms with Gasteiger partial charge in [0.25, 0.3) is 0 Å². The minimum Gasteiger partial charge on any atom is -0.550 e. The quantitative estimate of drug-likeness (QED) is 0.513. The molecule has 1 radical (unpaired) electrons. The summed E-state index contributed by atoms with van der Waals surface area (Å²) in [6.07, 6.45) is -2.72. The SMILES string of the molecule is O=C([O-])CC(O)(CC(=O)[O-])C(=O)[O-].[Co+2].[H+]. The van der Waals surface area contributed by atoms with Crippen molar-refractivity contribution in [2.45, 2.75) is 18.4 Å². The van der Waals surface area contributed by atoms with E-state index in [9.17, 15) is 29.7 Å². The van der Waals surface area contributed by atoms with Crippen LogP contribution in [0.1, 0.15) is 14.3 Å². The summed E-state index contributed by atoms with van der Waals surface area (Å²) in [5, 5.41) is 38.9. The van der Waals surface area contributed by atoms with E-state index < -0.39 is 36.4 Å². The normalized spacial score (nSPS) is 10.1. The number of aliphatic hydroxyl groups is 1. The monoisotopic (exact) mass is 249 g/mol. The first kappa shape index (κ1) is 15.4. The summed E-state index contributed by atoms with van der Waals surface area (Å²) < 4.78 is 0. The Morgan fingerprint density at radius 3 is 1.50 bits per heavy atom. The second kappa shape index (κ2) is 5.57. The van der Waals surface area contributed by atoms with Crippen molar-refractivity contribution in [2.24, 2.45) is 0 Å². The van der Waals surface area contributed by atoms with Crippen LogP contribution < -0.4 is 15.3 Å². The molecular weight excluding hydrogens is 243 g/mol. The summed E-state index contributed by atoms with van der Waals surface area (Å²) in [4.78, 5) is 30.0. The van der Waals surface area contributed by atoms with E-state index in [1.165, 1.54) is 0 Å². The fourth-order valence-corrected chi connectivity index (χ4v) is 0.684. The van der Waals surface area contributed by atoms with Crippen LogP contribution in [0.4, 0.5) is 0 Å². The van der Waals surface area contributed by atoms with Crippen molar-refractivity contribution in [3.05, 3.63) is 0 Å². The van der Waals surface area contributed by atoms with E-state index in [0.717, 1.165) is 0 Å². The maximum Gasteiger partial charge on any atom is 2.00 e. The van der Waals surface area contributed by atoms with E-state index in [-0.39, 0.29) is 18.2 Å². The Balaban J connectivity index is -0.000000720. The molecule has 0 aliphatic carbocycles. The van der Waals surface area contributed by atoms with Gasteiger partial charge in [-0.2, -0.15) is 0 Å². The molecule has 0 aromatic rings. The molecule has 0 rings (SSSR count). The van der Waals surface area contributed by atoms with Crippen LogP contribution >= 0.6 is 0 Å². The van der Waals surface area contributed by atoms with Crippen LogP contribution in [-0.4, -0.2) is 28.6 Å². The maximum absolute atomic E-state index is 10.1. The molecule has 0 aromatic heterocycles. The molecule has 0 saturated carbocycles. The van der Waals surface area contributed by atoms with Crippen molar-refractivity contribution in [1.82, 2.24) is 0 Å². The van der Waals surface area contributed by atoms with Gasteiger partial charge < -0.3 is 34.8 Å². The Hall–Kier alpha value is -1.12. The molecule has 8 heteroatoms. The molecule has 1 N–H and O–H groups in total. The average Bonchev–Trinajstić information content (AvgIpc) is 1.82. The van der Waals surface area contributed by atoms with Gasteiger partial charge in [0.1, 0.15) is 5.60 Å². The first-order chi connectivity index (χ1) is 5.78. The van der Waals surface area contributed by atoms with Crippen molar-refractivity contribution in [2.75, 3.05) is 0 Å². The van der Waals surface area contributed by atoms with E-state index in [4.69, 9.17) is 5.11 Å². The number of rotatable bonds is 5. The number of carboxylic acids is 3. The minimum atomic E-state index is -2.97. The van der Waals surface area contributed by atoms with Gasteiger partial charge in [-0.05, 0) is 0 Å². The zero-order valence-corrected chi connectivity index (χ0v) is 7.69. The summed E-state index contributed by atoms with van der Waals surface area (Å²) in [5.41, 5.74) is -2.97. The van der Waals surface area contributed by atoms with Gasteiger partial charge in [-0.1, -0.05) is 0 Å². The van der Waals surface area contributed by atoms with Gasteiger partial charge in [0, 0.05) is 24.8 Å². The van der Waals surface area contributed by atoms with Crippen LogP contribution in [0.2, 0.25) is 0 Å². The Morgan fingerprint density at radius 1 is 1.07 bits per heavy atom. The second-order valence-electron chi connectivity index (χ2n) is 2.42. The Morgan fingerprint density at radius 2 is 1.36 bits per heavy atom. The maximum atomic E-state index is 10.1. The van der Waals surface area contributed by atoms with E-state index in [0.29, 0.717) is 0 Å². The molecule has 0 amide bonds. The molecule has 0 heterocycles. The van der Waals surface area contributed by atoms with Gasteiger partial charge in [-0.3, -0.25) is 0 Å². The third kappa shape index (κ3) is 4.79. The molecule has 0 bridgehead atoms. The molecule has 0 saturated heterocycles. The number of carboxylic acid groups (broad SMARTS) is 3. The smallest absolute Gasteiger partial charge is 0.550 e. The summed E-state index contributed by atoms with van der Waals surface area (Å²) in [5.74, 6) is -5.98. The number of carbonyl (C=O) groups is 3. The largest absolute Gasteiger partial charge is 2.00 e. The van der Waals surface area contributed by atoms with E-state index in [2.05, 4.69) is 0 Å². The van der Waals surface area contributed by atoms with Crippen molar-refractivity contribution in [3.8, 4) is 0 Å². The van der Waals surface area contributed by atoms with Crippen LogP contribution in [0.5, 0.6) is 0 Å². The average molecular weight is 249 g/mol. The summed E-state index contributed by atoms with van der Waals surface area (Å²) in [6, 6.07) is 0. The fraction of sp³-hybridized carbons (Fsp3) is 0.500. The van der Waals surface area contributed by atoms with Gasteiger partial charge >= 0.3 is 18.2 Å². The van der Waals surface area contributed by atoms with Crippen molar-refractivity contribution in [1.29, 1.82) is 0 Å². The molecule has 0 aliphatic heterocycles. The van der Waals surface area contributed by atoms with Gasteiger partial charge in [0.05, 0.1) is 5.97 Å². The van der Waals surface area contributed by atoms with Crippen molar-refractivity contribution < 1.29 is 53.0 Å². The molecule has 0 atom stereocenters. The molecular formula is C6H6CoO7. The number of aliphatic carboxylic acids is 3. The number of hydrogen-bond acceptors (Lipinski definition) is 7. The molecule has 81 valence electrons. The van der Waals surface area contributed by atoms with Crippen LogP contribution in [0.15, 0.2) is 0 Å². The number of hydrogen-bond donors (Lipinski definition) is 1. The van der Waals surface area contributed by atoms with Crippen molar-refractivity contribution in [3.63, 3.8) is 0 Å². The Labute approximate surface area is 90.0 Å². The number of carbonyl (C=O) groups excluding carboxylic acids is 3. The summed E-state index contributed by atoms with van der Waals surface area (Å²) in [6.45, 7) is 0. The van der Waals surface area contributed by atoms with Crippen LogP contribution in [0.3, 0.4) is 0 Å². The first-order valence-electron chi connectivity index (χ1n) is 3.11. The molecule has 0 spiro atoms. The standard InChI is InChI=1S/C6H8O7.Co/c7-3(8)1-6(13,5(11)12)2-4(9)10;/h13H,1-2H2,(H,7,8)(H,9,10)(H,11,12);/q;+2/p-2. The second-order valence-corrected chi connectivity index (χ2v) is 2.42. The van der Waals surface area contributed by atoms with E-state index >= 15 is 0 Å². The van der Waals surface area contributed by atoms with Gasteiger partial charge in [-0.25, -0.2) is 0 Å². The van der Waals surface area contributed by atoms with Crippen LogP contribution in [0, 0.1) is 0 Å². The van der Waals surface area contributed by atoms with E-state index in [1.54, 1.807) is 0 Å². The predicted octanol–water partition coefficient (Wildman–Crippen LogP) is -5.14. The Kier molecular flexibility index (Phi) is 6.11. The molecule has 0 unspecified atom stereocenters. The van der Waals surface area contributed by atoms with E-state index in [1.807, 2.05) is 0 Å². The van der Waals surface area contributed by atoms with Crippen LogP contribution in [0.25, 0.3) is 0 Å². The molecule has 0 aliphatic rings. The first-order valence-corrected chi connectivity index (χ1v) is 3.11. The van der Waals surface area contributed by atoms with Crippen molar-refractivity contribution >= 4 is 17.9 Å². The molecule has 14 heavy (non-hydrogen) atoms. The minimum absolute atomic E-state index is 0. The summed E-state index contributed by atoms with van der Waals surface area (Å²) in [7, 11) is 0.